The molecule has 6 heteroatoms. The lowest BCUT2D eigenvalue weighted by Crippen LogP contribution is -2.29. The molecule has 0 saturated heterocycles. The molecule has 0 spiro atoms. The Morgan fingerprint density at radius 2 is 1.89 bits per heavy atom. The zero-order chi connectivity index (χ0) is 20.4. The van der Waals surface area contributed by atoms with Gasteiger partial charge in [-0.3, -0.25) is 9.36 Å². The first-order chi connectivity index (χ1) is 13.3. The summed E-state index contributed by atoms with van der Waals surface area (Å²) in [5.41, 5.74) is 3.21. The van der Waals surface area contributed by atoms with Gasteiger partial charge in [-0.2, -0.15) is 0 Å². The number of thiophene rings is 1. The summed E-state index contributed by atoms with van der Waals surface area (Å²) in [6.07, 6.45) is 2.61. The van der Waals surface area contributed by atoms with Crippen LogP contribution in [0.25, 0.3) is 20.3 Å². The SMILES string of the molecule is Cc1cc(C)c2c(c1)sc1c(=O)n(CCC(COC(C)C)OC(C)C)cnc12. The molecule has 152 valence electrons. The molecule has 2 aromatic heterocycles. The van der Waals surface area contributed by atoms with Gasteiger partial charge in [0.15, 0.2) is 0 Å². The highest BCUT2D eigenvalue weighted by Crippen LogP contribution is 2.33. The van der Waals surface area contributed by atoms with Crippen molar-refractivity contribution in [3.05, 3.63) is 39.9 Å². The topological polar surface area (TPSA) is 53.4 Å². The second-order valence-corrected chi connectivity index (χ2v) is 9.01. The minimum Gasteiger partial charge on any atom is -0.376 e. The van der Waals surface area contributed by atoms with Gasteiger partial charge in [0.2, 0.25) is 0 Å². The fraction of sp³-hybridized carbons (Fsp3) is 0.545. The predicted molar refractivity (Wildman–Crippen MR) is 117 cm³/mol. The molecular weight excluding hydrogens is 372 g/mol. The molecule has 3 aromatic rings. The fourth-order valence-corrected chi connectivity index (χ4v) is 4.76. The van der Waals surface area contributed by atoms with E-state index in [0.29, 0.717) is 19.6 Å². The highest BCUT2D eigenvalue weighted by molar-refractivity contribution is 7.25. The Kier molecular flexibility index (Phi) is 6.53. The van der Waals surface area contributed by atoms with Crippen molar-refractivity contribution in [2.75, 3.05) is 6.61 Å². The molecule has 0 N–H and O–H groups in total. The molecule has 0 aliphatic heterocycles. The van der Waals surface area contributed by atoms with E-state index in [9.17, 15) is 4.79 Å². The summed E-state index contributed by atoms with van der Waals surface area (Å²) in [7, 11) is 0. The maximum atomic E-state index is 13.1. The van der Waals surface area contributed by atoms with Crippen molar-refractivity contribution >= 4 is 31.6 Å². The second-order valence-electron chi connectivity index (χ2n) is 7.96. The number of fused-ring (bicyclic) bond motifs is 3. The van der Waals surface area contributed by atoms with Crippen molar-refractivity contribution in [2.45, 2.75) is 72.8 Å². The molecule has 0 aliphatic rings. The predicted octanol–water partition coefficient (Wildman–Crippen LogP) is 4.84. The average molecular weight is 403 g/mol. The maximum Gasteiger partial charge on any atom is 0.271 e. The largest absolute Gasteiger partial charge is 0.376 e. The molecule has 1 atom stereocenters. The Morgan fingerprint density at radius 1 is 1.14 bits per heavy atom. The number of hydrogen-bond acceptors (Lipinski definition) is 5. The standard InChI is InChI=1S/C22H30N2O3S/c1-13(2)26-11-17(27-14(3)4)7-8-24-12-23-20-19-16(6)9-15(5)10-18(19)28-21(20)22(24)25/h9-10,12-14,17H,7-8,11H2,1-6H3. The van der Waals surface area contributed by atoms with E-state index in [1.54, 1.807) is 10.9 Å². The van der Waals surface area contributed by atoms with Crippen LogP contribution < -0.4 is 5.56 Å². The summed E-state index contributed by atoms with van der Waals surface area (Å²) in [6.45, 7) is 13.3. The van der Waals surface area contributed by atoms with Crippen LogP contribution in [-0.4, -0.2) is 34.5 Å². The van der Waals surface area contributed by atoms with Gasteiger partial charge >= 0.3 is 0 Å². The van der Waals surface area contributed by atoms with Crippen molar-refractivity contribution < 1.29 is 9.47 Å². The van der Waals surface area contributed by atoms with Gasteiger partial charge in [-0.25, -0.2) is 4.98 Å². The number of nitrogens with zero attached hydrogens (tertiary/aromatic N) is 2. The van der Waals surface area contributed by atoms with Crippen molar-refractivity contribution in [1.82, 2.24) is 9.55 Å². The fourth-order valence-electron chi connectivity index (χ4n) is 3.48. The molecule has 5 nitrogen and oxygen atoms in total. The van der Waals surface area contributed by atoms with E-state index < -0.39 is 0 Å². The van der Waals surface area contributed by atoms with Crippen LogP contribution in [0.4, 0.5) is 0 Å². The summed E-state index contributed by atoms with van der Waals surface area (Å²) in [4.78, 5) is 17.7. The first-order valence-electron chi connectivity index (χ1n) is 9.92. The summed E-state index contributed by atoms with van der Waals surface area (Å²) < 4.78 is 15.3. The van der Waals surface area contributed by atoms with E-state index in [4.69, 9.17) is 9.47 Å². The monoisotopic (exact) mass is 402 g/mol. The summed E-state index contributed by atoms with van der Waals surface area (Å²) in [5, 5.41) is 1.10. The Bertz CT molecular complexity index is 1020. The number of rotatable bonds is 8. The molecule has 0 amide bonds. The number of benzene rings is 1. The summed E-state index contributed by atoms with van der Waals surface area (Å²) >= 11 is 1.54. The summed E-state index contributed by atoms with van der Waals surface area (Å²) in [6, 6.07) is 4.28. The smallest absolute Gasteiger partial charge is 0.271 e. The van der Waals surface area contributed by atoms with Crippen LogP contribution in [0, 0.1) is 13.8 Å². The number of hydrogen-bond donors (Lipinski definition) is 0. The van der Waals surface area contributed by atoms with Gasteiger partial charge in [-0.15, -0.1) is 11.3 Å². The zero-order valence-electron chi connectivity index (χ0n) is 17.6. The molecule has 0 saturated carbocycles. The summed E-state index contributed by atoms with van der Waals surface area (Å²) in [5.74, 6) is 0. The van der Waals surface area contributed by atoms with Gasteiger partial charge < -0.3 is 9.47 Å². The minimum atomic E-state index is -0.0442. The molecule has 0 aliphatic carbocycles. The highest BCUT2D eigenvalue weighted by Gasteiger charge is 2.16. The van der Waals surface area contributed by atoms with Gasteiger partial charge in [0, 0.05) is 16.6 Å². The number of aromatic nitrogens is 2. The van der Waals surface area contributed by atoms with E-state index in [1.807, 2.05) is 27.7 Å². The van der Waals surface area contributed by atoms with Gasteiger partial charge in [0.05, 0.1) is 36.8 Å². The highest BCUT2D eigenvalue weighted by atomic mass is 32.1. The number of aryl methyl sites for hydroxylation is 3. The molecule has 3 rings (SSSR count). The van der Waals surface area contributed by atoms with Crippen molar-refractivity contribution in [3.63, 3.8) is 0 Å². The van der Waals surface area contributed by atoms with Crippen LogP contribution >= 0.6 is 11.3 Å². The third kappa shape index (κ3) is 4.62. The number of ether oxygens (including phenoxy) is 2. The van der Waals surface area contributed by atoms with Crippen LogP contribution in [0.2, 0.25) is 0 Å². The van der Waals surface area contributed by atoms with Crippen molar-refractivity contribution in [1.29, 1.82) is 0 Å². The molecular formula is C22H30N2O3S. The Morgan fingerprint density at radius 3 is 2.57 bits per heavy atom. The van der Waals surface area contributed by atoms with Crippen molar-refractivity contribution in [2.24, 2.45) is 0 Å². The van der Waals surface area contributed by atoms with Gasteiger partial charge in [0.25, 0.3) is 5.56 Å². The lowest BCUT2D eigenvalue weighted by Gasteiger charge is -2.22. The van der Waals surface area contributed by atoms with E-state index in [-0.39, 0.29) is 23.9 Å². The second kappa shape index (κ2) is 8.72. The van der Waals surface area contributed by atoms with Gasteiger partial charge in [0.1, 0.15) is 4.70 Å². The molecule has 0 bridgehead atoms. The van der Waals surface area contributed by atoms with Crippen LogP contribution in [0.5, 0.6) is 0 Å². The van der Waals surface area contributed by atoms with Crippen molar-refractivity contribution in [3.8, 4) is 0 Å². The van der Waals surface area contributed by atoms with E-state index >= 15 is 0 Å². The van der Waals surface area contributed by atoms with E-state index in [1.165, 1.54) is 22.5 Å². The Hall–Kier alpha value is -1.76. The normalized spacial score (nSPS) is 13.3. The lowest BCUT2D eigenvalue weighted by atomic mass is 10.1. The van der Waals surface area contributed by atoms with E-state index in [2.05, 4.69) is 31.0 Å². The Labute approximate surface area is 170 Å². The van der Waals surface area contributed by atoms with Crippen LogP contribution in [-0.2, 0) is 16.0 Å². The van der Waals surface area contributed by atoms with Gasteiger partial charge in [-0.05, 0) is 65.2 Å². The van der Waals surface area contributed by atoms with E-state index in [0.717, 1.165) is 20.3 Å². The zero-order valence-corrected chi connectivity index (χ0v) is 18.4. The third-order valence-corrected chi connectivity index (χ3v) is 5.77. The molecule has 0 fully saturated rings. The molecule has 1 aromatic carbocycles. The lowest BCUT2D eigenvalue weighted by molar-refractivity contribution is -0.0628. The molecule has 0 radical (unpaired) electrons. The van der Waals surface area contributed by atoms with Crippen LogP contribution in [0.1, 0.15) is 45.2 Å². The average Bonchev–Trinajstić information content (AvgIpc) is 2.97. The minimum absolute atomic E-state index is 0.0244. The van der Waals surface area contributed by atoms with Crippen LogP contribution in [0.3, 0.4) is 0 Å². The molecule has 28 heavy (non-hydrogen) atoms. The van der Waals surface area contributed by atoms with Crippen LogP contribution in [0.15, 0.2) is 23.3 Å². The first-order valence-corrected chi connectivity index (χ1v) is 10.7. The molecule has 2 heterocycles. The van der Waals surface area contributed by atoms with Gasteiger partial charge in [-0.1, -0.05) is 6.07 Å². The quantitative estimate of drug-likeness (QED) is 0.541. The Balaban J connectivity index is 1.87. The third-order valence-electron chi connectivity index (χ3n) is 4.66. The maximum absolute atomic E-state index is 13.1. The molecule has 1 unspecified atom stereocenters. The first kappa shape index (κ1) is 21.0.